The van der Waals surface area contributed by atoms with Gasteiger partial charge in [-0.15, -0.1) is 0 Å². The average molecular weight is 351 g/mol. The van der Waals surface area contributed by atoms with Gasteiger partial charge in [0, 0.05) is 16.6 Å². The number of aryl methyl sites for hydroxylation is 1. The fourth-order valence-electron chi connectivity index (χ4n) is 2.31. The molecule has 0 spiro atoms. The molecule has 5 heteroatoms. The third-order valence-corrected chi connectivity index (χ3v) is 4.03. The second-order valence-corrected chi connectivity index (χ2v) is 5.88. The molecule has 3 rings (SSSR count). The largest absolute Gasteiger partial charge is 0.399 e. The highest BCUT2D eigenvalue weighted by atomic mass is 79.9. The maximum absolute atomic E-state index is 6.35. The van der Waals surface area contributed by atoms with Crippen molar-refractivity contribution in [2.24, 2.45) is 0 Å². The maximum Gasteiger partial charge on any atom is 0.114 e. The number of anilines is 1. The predicted molar refractivity (Wildman–Crippen MR) is 87.6 cm³/mol. The Kier molecular flexibility index (Phi) is 3.44. The van der Waals surface area contributed by atoms with Crippen LogP contribution < -0.4 is 5.73 Å². The van der Waals surface area contributed by atoms with Gasteiger partial charge in [-0.1, -0.05) is 34.5 Å². The van der Waals surface area contributed by atoms with Crippen LogP contribution in [0.4, 0.5) is 5.69 Å². The number of nitrogen functional groups attached to an aromatic ring is 1. The molecule has 0 atom stereocenters. The Morgan fingerprint density at radius 1 is 1.25 bits per heavy atom. The second-order valence-electron chi connectivity index (χ2n) is 4.56. The molecule has 0 amide bonds. The zero-order valence-electron chi connectivity index (χ0n) is 10.9. The Labute approximate surface area is 130 Å². The lowest BCUT2D eigenvalue weighted by molar-refractivity contribution is 0.908. The molecular weight excluding hydrogens is 338 g/mol. The summed E-state index contributed by atoms with van der Waals surface area (Å²) in [5.74, 6) is 0.964. The van der Waals surface area contributed by atoms with Crippen molar-refractivity contribution in [1.82, 2.24) is 9.55 Å². The Morgan fingerprint density at radius 2 is 2.05 bits per heavy atom. The summed E-state index contributed by atoms with van der Waals surface area (Å²) in [6.07, 6.45) is 0.817. The molecule has 3 aromatic rings. The number of halogens is 2. The fourth-order valence-corrected chi connectivity index (χ4v) is 2.86. The van der Waals surface area contributed by atoms with Crippen molar-refractivity contribution in [2.45, 2.75) is 13.3 Å². The number of nitrogens with zero attached hydrogens (tertiary/aromatic N) is 2. The van der Waals surface area contributed by atoms with Gasteiger partial charge in [-0.25, -0.2) is 4.98 Å². The summed E-state index contributed by atoms with van der Waals surface area (Å²) >= 11 is 9.85. The van der Waals surface area contributed by atoms with Gasteiger partial charge < -0.3 is 5.73 Å². The van der Waals surface area contributed by atoms with E-state index in [2.05, 4.69) is 32.4 Å². The van der Waals surface area contributed by atoms with Crippen molar-refractivity contribution in [3.8, 4) is 5.69 Å². The van der Waals surface area contributed by atoms with Gasteiger partial charge in [0.1, 0.15) is 5.82 Å². The quantitative estimate of drug-likeness (QED) is 0.687. The third kappa shape index (κ3) is 2.19. The van der Waals surface area contributed by atoms with Gasteiger partial charge in [-0.05, 0) is 36.4 Å². The molecule has 2 N–H and O–H groups in total. The smallest absolute Gasteiger partial charge is 0.114 e. The zero-order valence-corrected chi connectivity index (χ0v) is 13.2. The van der Waals surface area contributed by atoms with E-state index in [0.29, 0.717) is 10.7 Å². The second kappa shape index (κ2) is 5.11. The summed E-state index contributed by atoms with van der Waals surface area (Å²) in [4.78, 5) is 4.65. The SMILES string of the molecule is CCc1nc2cc(N)ccc2n1-c1cc(Br)ccc1Cl. The average Bonchev–Trinajstić information content (AvgIpc) is 2.78. The molecule has 0 fully saturated rings. The third-order valence-electron chi connectivity index (χ3n) is 3.21. The number of imidazole rings is 1. The van der Waals surface area contributed by atoms with Gasteiger partial charge >= 0.3 is 0 Å². The summed E-state index contributed by atoms with van der Waals surface area (Å²) in [6.45, 7) is 2.08. The molecule has 102 valence electrons. The van der Waals surface area contributed by atoms with E-state index in [9.17, 15) is 0 Å². The Balaban J connectivity index is 2.37. The van der Waals surface area contributed by atoms with Crippen LogP contribution in [-0.4, -0.2) is 9.55 Å². The van der Waals surface area contributed by atoms with E-state index in [0.717, 1.165) is 33.4 Å². The van der Waals surface area contributed by atoms with Crippen LogP contribution in [0.25, 0.3) is 16.7 Å². The number of rotatable bonds is 2. The van der Waals surface area contributed by atoms with Crippen LogP contribution >= 0.6 is 27.5 Å². The first kappa shape index (κ1) is 13.5. The molecule has 0 radical (unpaired) electrons. The molecule has 1 heterocycles. The van der Waals surface area contributed by atoms with Crippen molar-refractivity contribution in [1.29, 1.82) is 0 Å². The number of aromatic nitrogens is 2. The first-order valence-electron chi connectivity index (χ1n) is 6.32. The first-order valence-corrected chi connectivity index (χ1v) is 7.49. The van der Waals surface area contributed by atoms with E-state index < -0.39 is 0 Å². The molecule has 1 aromatic heterocycles. The number of nitrogens with two attached hydrogens (primary N) is 1. The molecule has 3 nitrogen and oxygen atoms in total. The highest BCUT2D eigenvalue weighted by Crippen LogP contribution is 2.30. The highest BCUT2D eigenvalue weighted by Gasteiger charge is 2.14. The molecule has 0 aliphatic carbocycles. The molecule has 0 aliphatic heterocycles. The minimum atomic E-state index is 0.694. The Bertz CT molecular complexity index is 795. The van der Waals surface area contributed by atoms with Gasteiger partial charge in [0.05, 0.1) is 21.7 Å². The monoisotopic (exact) mass is 349 g/mol. The van der Waals surface area contributed by atoms with Crippen LogP contribution in [0.15, 0.2) is 40.9 Å². The van der Waals surface area contributed by atoms with Crippen LogP contribution in [0.2, 0.25) is 5.02 Å². The van der Waals surface area contributed by atoms with Crippen LogP contribution in [0.3, 0.4) is 0 Å². The summed E-state index contributed by atoms with van der Waals surface area (Å²) in [7, 11) is 0. The topological polar surface area (TPSA) is 43.8 Å². The normalized spacial score (nSPS) is 11.2. The molecule has 20 heavy (non-hydrogen) atoms. The van der Waals surface area contributed by atoms with Gasteiger partial charge in [-0.3, -0.25) is 4.57 Å². The van der Waals surface area contributed by atoms with Crippen LogP contribution in [0.5, 0.6) is 0 Å². The molecule has 0 unspecified atom stereocenters. The van der Waals surface area contributed by atoms with Crippen molar-refractivity contribution in [2.75, 3.05) is 5.73 Å². The lowest BCUT2D eigenvalue weighted by Crippen LogP contribution is -2.01. The van der Waals surface area contributed by atoms with Crippen LogP contribution in [0, 0.1) is 0 Å². The molecule has 0 saturated carbocycles. The van der Waals surface area contributed by atoms with Crippen molar-refractivity contribution in [3.05, 3.63) is 51.7 Å². The fraction of sp³-hybridized carbons (Fsp3) is 0.133. The number of benzene rings is 2. The molecular formula is C15H13BrClN3. The van der Waals surface area contributed by atoms with Crippen molar-refractivity contribution >= 4 is 44.3 Å². The van der Waals surface area contributed by atoms with E-state index in [1.54, 1.807) is 0 Å². The number of fused-ring (bicyclic) bond motifs is 1. The van der Waals surface area contributed by atoms with Crippen molar-refractivity contribution in [3.63, 3.8) is 0 Å². The minimum Gasteiger partial charge on any atom is -0.399 e. The highest BCUT2D eigenvalue weighted by molar-refractivity contribution is 9.10. The van der Waals surface area contributed by atoms with Crippen LogP contribution in [-0.2, 0) is 6.42 Å². The van der Waals surface area contributed by atoms with E-state index in [-0.39, 0.29) is 0 Å². The molecule has 0 aliphatic rings. The van der Waals surface area contributed by atoms with E-state index in [1.807, 2.05) is 36.4 Å². The lowest BCUT2D eigenvalue weighted by atomic mass is 10.2. The van der Waals surface area contributed by atoms with Gasteiger partial charge in [0.15, 0.2) is 0 Å². The number of hydrogen-bond acceptors (Lipinski definition) is 2. The van der Waals surface area contributed by atoms with Gasteiger partial charge in [0.25, 0.3) is 0 Å². The Morgan fingerprint density at radius 3 is 2.80 bits per heavy atom. The van der Waals surface area contributed by atoms with Gasteiger partial charge in [-0.2, -0.15) is 0 Å². The zero-order chi connectivity index (χ0) is 14.3. The van der Waals surface area contributed by atoms with Crippen LogP contribution in [0.1, 0.15) is 12.7 Å². The van der Waals surface area contributed by atoms with E-state index >= 15 is 0 Å². The van der Waals surface area contributed by atoms with Gasteiger partial charge in [0.2, 0.25) is 0 Å². The standard InChI is InChI=1S/C15H13BrClN3/c1-2-15-19-12-8-10(18)4-6-13(12)20(15)14-7-9(16)3-5-11(14)17/h3-8H,2,18H2,1H3. The number of hydrogen-bond donors (Lipinski definition) is 1. The van der Waals surface area contributed by atoms with E-state index in [1.165, 1.54) is 0 Å². The summed E-state index contributed by atoms with van der Waals surface area (Å²) < 4.78 is 3.07. The minimum absolute atomic E-state index is 0.694. The summed E-state index contributed by atoms with van der Waals surface area (Å²) in [5.41, 5.74) is 9.37. The lowest BCUT2D eigenvalue weighted by Gasteiger charge is -2.11. The Hall–Kier alpha value is -1.52. The summed E-state index contributed by atoms with van der Waals surface area (Å²) in [6, 6.07) is 11.5. The predicted octanol–water partition coefficient (Wildman–Crippen LogP) is 4.59. The molecule has 0 saturated heterocycles. The first-order chi connectivity index (χ1) is 9.60. The van der Waals surface area contributed by atoms with E-state index in [4.69, 9.17) is 17.3 Å². The maximum atomic E-state index is 6.35. The molecule has 2 aromatic carbocycles. The molecule has 0 bridgehead atoms. The summed E-state index contributed by atoms with van der Waals surface area (Å²) in [5, 5.41) is 0.694. The van der Waals surface area contributed by atoms with Crippen molar-refractivity contribution < 1.29 is 0 Å².